The predicted molar refractivity (Wildman–Crippen MR) is 196 cm³/mol. The molecule has 51 heavy (non-hydrogen) atoms. The van der Waals surface area contributed by atoms with Gasteiger partial charge in [0.15, 0.2) is 11.4 Å². The van der Waals surface area contributed by atoms with E-state index in [4.69, 9.17) is 0 Å². The maximum Gasteiger partial charge on any atom is 0.243 e. The Balaban J connectivity index is 1.14. The van der Waals surface area contributed by atoms with Gasteiger partial charge in [0.1, 0.15) is 28.6 Å². The molecule has 6 aromatic carbocycles. The van der Waals surface area contributed by atoms with Crippen molar-refractivity contribution in [2.75, 3.05) is 0 Å². The van der Waals surface area contributed by atoms with E-state index in [1.54, 1.807) is 44.2 Å². The van der Waals surface area contributed by atoms with Crippen LogP contribution in [0.3, 0.4) is 0 Å². The second kappa shape index (κ2) is 13.2. The van der Waals surface area contributed by atoms with Gasteiger partial charge in [-0.2, -0.15) is 20.0 Å². The number of hydrogen-bond acceptors (Lipinski definition) is 11. The summed E-state index contributed by atoms with van der Waals surface area (Å²) in [5.74, 6) is -0.448. The molecule has 0 amide bonds. The fraction of sp³-hybridized carbons (Fsp3) is 0.103. The lowest BCUT2D eigenvalue weighted by atomic mass is 10.0. The quantitative estimate of drug-likeness (QED) is 0.123. The summed E-state index contributed by atoms with van der Waals surface area (Å²) < 4.78 is 1.41. The standard InChI is InChI=1S/C39H32N8O4/c1-21-9-14-28(15-10-21)47-39(51)36(24(4)46-47)44-40-26-12-11-25-17-23(3)35(38(50)31(25)19-26)43-42-32-16-13-27(20-33(32)48)41-45-37-30-8-6-5-7-29(30)22(2)18-34(37)49/h5-20,48-51H,1-4H3. The topological polar surface area (TPSA) is 173 Å². The van der Waals surface area contributed by atoms with Gasteiger partial charge in [0, 0.05) is 16.8 Å². The van der Waals surface area contributed by atoms with Crippen molar-refractivity contribution in [2.45, 2.75) is 27.7 Å². The van der Waals surface area contributed by atoms with Crippen LogP contribution in [0.15, 0.2) is 128 Å². The third-order valence-corrected chi connectivity index (χ3v) is 8.50. The molecule has 4 N–H and O–H groups in total. The van der Waals surface area contributed by atoms with Crippen LogP contribution in [0.4, 0.5) is 34.1 Å². The SMILES string of the molecule is Cc1ccc(-n2nc(C)c(N=Nc3ccc4cc(C)c(N=Nc5ccc(N=Nc6c(O)cc(C)c7ccccc67)cc5O)c(O)c4c3)c2O)cc1. The lowest BCUT2D eigenvalue weighted by molar-refractivity contribution is 0.434. The molecular formula is C39H32N8O4. The van der Waals surface area contributed by atoms with Gasteiger partial charge in [-0.15, -0.1) is 20.5 Å². The molecule has 0 unspecified atom stereocenters. The van der Waals surface area contributed by atoms with Crippen molar-refractivity contribution in [3.05, 3.63) is 119 Å². The number of nitrogens with zero attached hydrogens (tertiary/aromatic N) is 8. The molecule has 0 bridgehead atoms. The molecule has 7 aromatic rings. The highest BCUT2D eigenvalue weighted by atomic mass is 16.3. The van der Waals surface area contributed by atoms with E-state index in [-0.39, 0.29) is 40.2 Å². The number of aromatic hydroxyl groups is 4. The zero-order chi connectivity index (χ0) is 35.8. The zero-order valence-corrected chi connectivity index (χ0v) is 28.1. The van der Waals surface area contributed by atoms with E-state index in [2.05, 4.69) is 35.8 Å². The first kappa shape index (κ1) is 32.6. The minimum atomic E-state index is -0.196. The van der Waals surface area contributed by atoms with E-state index in [1.165, 1.54) is 16.8 Å². The van der Waals surface area contributed by atoms with Gasteiger partial charge in [0.05, 0.1) is 22.8 Å². The normalized spacial score (nSPS) is 12.0. The maximum absolute atomic E-state index is 11.3. The molecule has 12 nitrogen and oxygen atoms in total. The summed E-state index contributed by atoms with van der Waals surface area (Å²) in [6.45, 7) is 7.43. The summed E-state index contributed by atoms with van der Waals surface area (Å²) in [6.07, 6.45) is 0. The van der Waals surface area contributed by atoms with Crippen LogP contribution in [0.1, 0.15) is 22.4 Å². The number of fused-ring (bicyclic) bond motifs is 2. The average Bonchev–Trinajstić information content (AvgIpc) is 3.40. The van der Waals surface area contributed by atoms with E-state index >= 15 is 0 Å². The van der Waals surface area contributed by atoms with Gasteiger partial charge in [0.2, 0.25) is 5.88 Å². The van der Waals surface area contributed by atoms with E-state index in [0.717, 1.165) is 27.3 Å². The van der Waals surface area contributed by atoms with Gasteiger partial charge in [-0.3, -0.25) is 0 Å². The molecule has 12 heteroatoms. The monoisotopic (exact) mass is 676 g/mol. The molecule has 0 aliphatic carbocycles. The Labute approximate surface area is 292 Å². The Bertz CT molecular complexity index is 2570. The van der Waals surface area contributed by atoms with Crippen molar-refractivity contribution in [1.82, 2.24) is 9.78 Å². The van der Waals surface area contributed by atoms with Crippen LogP contribution < -0.4 is 0 Å². The number of hydrogen-bond donors (Lipinski definition) is 4. The third kappa shape index (κ3) is 6.33. The molecule has 1 aromatic heterocycles. The van der Waals surface area contributed by atoms with E-state index in [0.29, 0.717) is 39.4 Å². The molecule has 7 rings (SSSR count). The van der Waals surface area contributed by atoms with Crippen molar-refractivity contribution in [2.24, 2.45) is 30.7 Å². The van der Waals surface area contributed by atoms with Gasteiger partial charge in [-0.1, -0.05) is 48.0 Å². The summed E-state index contributed by atoms with van der Waals surface area (Å²) >= 11 is 0. The van der Waals surface area contributed by atoms with Crippen LogP contribution >= 0.6 is 0 Å². The highest BCUT2D eigenvalue weighted by Crippen LogP contribution is 2.43. The summed E-state index contributed by atoms with van der Waals surface area (Å²) in [6, 6.07) is 28.4. The second-order valence-electron chi connectivity index (χ2n) is 12.2. The molecule has 0 saturated heterocycles. The van der Waals surface area contributed by atoms with Gasteiger partial charge in [-0.05, 0) is 98.1 Å². The number of phenolic OH excluding ortho intramolecular Hbond substituents is 3. The van der Waals surface area contributed by atoms with Gasteiger partial charge < -0.3 is 20.4 Å². The second-order valence-corrected chi connectivity index (χ2v) is 12.2. The molecule has 0 atom stereocenters. The fourth-order valence-corrected chi connectivity index (χ4v) is 5.78. The number of benzene rings is 6. The molecule has 1 heterocycles. The molecule has 0 spiro atoms. The number of phenols is 3. The van der Waals surface area contributed by atoms with Crippen LogP contribution in [-0.2, 0) is 0 Å². The first-order valence-electron chi connectivity index (χ1n) is 16.0. The van der Waals surface area contributed by atoms with Crippen LogP contribution in [0.25, 0.3) is 27.2 Å². The third-order valence-electron chi connectivity index (χ3n) is 8.50. The highest BCUT2D eigenvalue weighted by molar-refractivity contribution is 5.97. The van der Waals surface area contributed by atoms with E-state index in [9.17, 15) is 20.4 Å². The summed E-state index contributed by atoms with van der Waals surface area (Å²) in [4.78, 5) is 0. The summed E-state index contributed by atoms with van der Waals surface area (Å²) in [7, 11) is 0. The smallest absolute Gasteiger partial charge is 0.243 e. The number of aromatic nitrogens is 2. The average molecular weight is 677 g/mol. The Morgan fingerprint density at radius 1 is 0.529 bits per heavy atom. The maximum atomic E-state index is 11.3. The molecule has 0 saturated carbocycles. The van der Waals surface area contributed by atoms with Crippen LogP contribution in [0.2, 0.25) is 0 Å². The van der Waals surface area contributed by atoms with Gasteiger partial charge in [0.25, 0.3) is 0 Å². The largest absolute Gasteiger partial charge is 0.506 e. The Hall–Kier alpha value is -6.95. The van der Waals surface area contributed by atoms with E-state index in [1.807, 2.05) is 68.4 Å². The Morgan fingerprint density at radius 2 is 1.20 bits per heavy atom. The summed E-state index contributed by atoms with van der Waals surface area (Å²) in [5, 5.41) is 76.3. The minimum absolute atomic E-state index is 0.00521. The van der Waals surface area contributed by atoms with Crippen molar-refractivity contribution in [3.63, 3.8) is 0 Å². The van der Waals surface area contributed by atoms with Gasteiger partial charge >= 0.3 is 0 Å². The van der Waals surface area contributed by atoms with Crippen molar-refractivity contribution in [3.8, 4) is 28.8 Å². The number of rotatable bonds is 7. The number of azo groups is 3. The molecule has 0 aliphatic rings. The van der Waals surface area contributed by atoms with Crippen molar-refractivity contribution >= 4 is 55.7 Å². The molecule has 0 fully saturated rings. The van der Waals surface area contributed by atoms with Gasteiger partial charge in [-0.25, -0.2) is 0 Å². The fourth-order valence-electron chi connectivity index (χ4n) is 5.78. The molecule has 252 valence electrons. The van der Waals surface area contributed by atoms with Crippen LogP contribution in [0.5, 0.6) is 23.1 Å². The summed E-state index contributed by atoms with van der Waals surface area (Å²) in [5.41, 5.74) is 5.56. The predicted octanol–water partition coefficient (Wildman–Crippen LogP) is 11.5. The lowest BCUT2D eigenvalue weighted by Crippen LogP contribution is -1.95. The number of aryl methyl sites for hydroxylation is 4. The van der Waals surface area contributed by atoms with Crippen molar-refractivity contribution < 1.29 is 20.4 Å². The molecular weight excluding hydrogens is 644 g/mol. The first-order chi connectivity index (χ1) is 24.6. The Kier molecular flexibility index (Phi) is 8.41. The first-order valence-corrected chi connectivity index (χ1v) is 16.0. The van der Waals surface area contributed by atoms with Crippen LogP contribution in [-0.4, -0.2) is 30.2 Å². The van der Waals surface area contributed by atoms with Crippen molar-refractivity contribution in [1.29, 1.82) is 0 Å². The van der Waals surface area contributed by atoms with E-state index < -0.39 is 0 Å². The minimum Gasteiger partial charge on any atom is -0.506 e. The zero-order valence-electron chi connectivity index (χ0n) is 28.1. The Morgan fingerprint density at radius 3 is 1.94 bits per heavy atom. The molecule has 0 radical (unpaired) electrons. The highest BCUT2D eigenvalue weighted by Gasteiger charge is 2.17. The van der Waals surface area contributed by atoms with Crippen LogP contribution in [0, 0.1) is 27.7 Å². The molecule has 0 aliphatic heterocycles. The lowest BCUT2D eigenvalue weighted by Gasteiger charge is -2.08.